The van der Waals surface area contributed by atoms with E-state index in [1.54, 1.807) is 12.1 Å². The average molecular weight is 319 g/mol. The van der Waals surface area contributed by atoms with Crippen LogP contribution in [0.2, 0.25) is 10.2 Å². The predicted octanol–water partition coefficient (Wildman–Crippen LogP) is 3.58. The normalized spacial score (nSPS) is 10.6. The topological polar surface area (TPSA) is 67.8 Å². The largest absolute Gasteiger partial charge is 0.304 e. The van der Waals surface area contributed by atoms with Crippen molar-refractivity contribution in [3.63, 3.8) is 0 Å². The molecular formula is C14H8Cl2N4O. The van der Waals surface area contributed by atoms with E-state index >= 15 is 0 Å². The third-order valence-electron chi connectivity index (χ3n) is 2.78. The molecule has 0 aliphatic rings. The van der Waals surface area contributed by atoms with Gasteiger partial charge in [-0.3, -0.25) is 9.78 Å². The summed E-state index contributed by atoms with van der Waals surface area (Å²) in [6.07, 6.45) is 2.87. The van der Waals surface area contributed by atoms with Gasteiger partial charge in [-0.1, -0.05) is 35.3 Å². The Bertz CT molecular complexity index is 838. The summed E-state index contributed by atoms with van der Waals surface area (Å²) in [7, 11) is 0. The zero-order chi connectivity index (χ0) is 14.8. The van der Waals surface area contributed by atoms with Crippen LogP contribution in [0.3, 0.4) is 0 Å². The summed E-state index contributed by atoms with van der Waals surface area (Å²) in [5.74, 6) is -0.234. The third kappa shape index (κ3) is 2.79. The number of rotatable bonds is 2. The molecule has 21 heavy (non-hydrogen) atoms. The van der Waals surface area contributed by atoms with Gasteiger partial charge in [-0.15, -0.1) is 0 Å². The van der Waals surface area contributed by atoms with E-state index in [-0.39, 0.29) is 21.6 Å². The van der Waals surface area contributed by atoms with E-state index in [4.69, 9.17) is 23.2 Å². The average Bonchev–Trinajstić information content (AvgIpc) is 2.48. The number of carbonyl (C=O) groups is 1. The Morgan fingerprint density at radius 3 is 2.48 bits per heavy atom. The number of nitrogens with zero attached hydrogens (tertiary/aromatic N) is 3. The Labute approximate surface area is 130 Å². The lowest BCUT2D eigenvalue weighted by molar-refractivity contribution is 0.102. The molecule has 0 radical (unpaired) electrons. The van der Waals surface area contributed by atoms with Crippen LogP contribution in [-0.2, 0) is 0 Å². The van der Waals surface area contributed by atoms with Crippen molar-refractivity contribution in [2.75, 3.05) is 5.32 Å². The molecule has 0 aliphatic carbocycles. The van der Waals surface area contributed by atoms with E-state index in [0.717, 1.165) is 0 Å². The molecule has 0 saturated carbocycles. The number of carbonyl (C=O) groups excluding carboxylic acids is 1. The van der Waals surface area contributed by atoms with Gasteiger partial charge in [-0.05, 0) is 18.2 Å². The van der Waals surface area contributed by atoms with Crippen molar-refractivity contribution in [1.82, 2.24) is 15.0 Å². The van der Waals surface area contributed by atoms with E-state index < -0.39 is 5.91 Å². The molecule has 7 heteroatoms. The molecule has 1 aromatic carbocycles. The number of pyridine rings is 1. The van der Waals surface area contributed by atoms with Crippen molar-refractivity contribution in [3.05, 3.63) is 58.5 Å². The smallest absolute Gasteiger partial charge is 0.258 e. The van der Waals surface area contributed by atoms with Crippen LogP contribution in [0.1, 0.15) is 10.4 Å². The summed E-state index contributed by atoms with van der Waals surface area (Å²) in [5, 5.41) is 2.97. The van der Waals surface area contributed by atoms with Crippen LogP contribution in [0.25, 0.3) is 11.0 Å². The van der Waals surface area contributed by atoms with Crippen LogP contribution in [0, 0.1) is 0 Å². The molecule has 0 fully saturated rings. The zero-order valence-corrected chi connectivity index (χ0v) is 12.1. The van der Waals surface area contributed by atoms with Crippen LogP contribution < -0.4 is 5.32 Å². The molecule has 5 nitrogen and oxygen atoms in total. The fourth-order valence-electron chi connectivity index (χ4n) is 1.79. The van der Waals surface area contributed by atoms with E-state index in [1.165, 1.54) is 18.5 Å². The lowest BCUT2D eigenvalue weighted by Crippen LogP contribution is -2.14. The summed E-state index contributed by atoms with van der Waals surface area (Å²) >= 11 is 12.0. The fraction of sp³-hybridized carbons (Fsp3) is 0. The number of hydrogen-bond acceptors (Lipinski definition) is 4. The first-order valence-corrected chi connectivity index (χ1v) is 6.74. The van der Waals surface area contributed by atoms with Gasteiger partial charge in [0.15, 0.2) is 11.0 Å². The molecule has 1 amide bonds. The Morgan fingerprint density at radius 1 is 1.05 bits per heavy atom. The fourth-order valence-corrected chi connectivity index (χ4v) is 2.18. The van der Waals surface area contributed by atoms with Gasteiger partial charge in [-0.2, -0.15) is 0 Å². The summed E-state index contributed by atoms with van der Waals surface area (Å²) < 4.78 is 0. The highest BCUT2D eigenvalue weighted by atomic mass is 35.5. The second-order valence-corrected chi connectivity index (χ2v) is 4.93. The minimum absolute atomic E-state index is 0.118. The van der Waals surface area contributed by atoms with E-state index in [2.05, 4.69) is 20.3 Å². The van der Waals surface area contributed by atoms with Crippen LogP contribution in [0.5, 0.6) is 0 Å². The molecule has 2 aromatic heterocycles. The predicted molar refractivity (Wildman–Crippen MR) is 81.7 cm³/mol. The molecule has 3 rings (SSSR count). The first kappa shape index (κ1) is 13.7. The lowest BCUT2D eigenvalue weighted by Gasteiger charge is -2.08. The molecule has 0 unspecified atom stereocenters. The maximum absolute atomic E-state index is 12.2. The summed E-state index contributed by atoms with van der Waals surface area (Å²) in [4.78, 5) is 24.5. The maximum atomic E-state index is 12.2. The van der Waals surface area contributed by atoms with Gasteiger partial charge < -0.3 is 5.32 Å². The minimum Gasteiger partial charge on any atom is -0.304 e. The molecule has 104 valence electrons. The zero-order valence-electron chi connectivity index (χ0n) is 10.5. The number of nitrogens with one attached hydrogen (secondary N) is 1. The highest BCUT2D eigenvalue weighted by Gasteiger charge is 2.14. The number of anilines is 1. The van der Waals surface area contributed by atoms with Crippen LogP contribution in [0.15, 0.2) is 42.7 Å². The van der Waals surface area contributed by atoms with Crippen molar-refractivity contribution in [2.24, 2.45) is 0 Å². The van der Waals surface area contributed by atoms with Crippen molar-refractivity contribution in [3.8, 4) is 0 Å². The van der Waals surface area contributed by atoms with Gasteiger partial charge in [0.05, 0.1) is 21.6 Å². The second kappa shape index (κ2) is 5.63. The van der Waals surface area contributed by atoms with Gasteiger partial charge in [0.25, 0.3) is 5.91 Å². The SMILES string of the molecule is O=C(Nc1nc2ccccc2nc1Cl)c1ccncc1Cl. The summed E-state index contributed by atoms with van der Waals surface area (Å²) in [5.41, 5.74) is 1.58. The third-order valence-corrected chi connectivity index (χ3v) is 3.34. The molecule has 0 spiro atoms. The summed E-state index contributed by atoms with van der Waals surface area (Å²) in [6.45, 7) is 0. The van der Waals surface area contributed by atoms with Crippen LogP contribution in [-0.4, -0.2) is 20.9 Å². The number of benzene rings is 1. The molecule has 0 atom stereocenters. The van der Waals surface area contributed by atoms with Crippen molar-refractivity contribution >= 4 is 46.0 Å². The lowest BCUT2D eigenvalue weighted by atomic mass is 10.2. The highest BCUT2D eigenvalue weighted by molar-refractivity contribution is 6.35. The van der Waals surface area contributed by atoms with Crippen molar-refractivity contribution in [2.45, 2.75) is 0 Å². The van der Waals surface area contributed by atoms with Gasteiger partial charge in [0.1, 0.15) is 0 Å². The molecule has 2 heterocycles. The Kier molecular flexibility index (Phi) is 3.68. The van der Waals surface area contributed by atoms with Gasteiger partial charge in [-0.25, -0.2) is 9.97 Å². The van der Waals surface area contributed by atoms with Crippen LogP contribution in [0.4, 0.5) is 5.82 Å². The number of para-hydroxylation sites is 2. The van der Waals surface area contributed by atoms with E-state index in [0.29, 0.717) is 11.0 Å². The van der Waals surface area contributed by atoms with E-state index in [1.807, 2.05) is 12.1 Å². The molecule has 0 aliphatic heterocycles. The number of hydrogen-bond donors (Lipinski definition) is 1. The second-order valence-electron chi connectivity index (χ2n) is 4.16. The number of halogens is 2. The van der Waals surface area contributed by atoms with Crippen molar-refractivity contribution in [1.29, 1.82) is 0 Å². The van der Waals surface area contributed by atoms with Gasteiger partial charge in [0, 0.05) is 12.4 Å². The highest BCUT2D eigenvalue weighted by Crippen LogP contribution is 2.22. The molecular weight excluding hydrogens is 311 g/mol. The Balaban J connectivity index is 1.96. The molecule has 3 aromatic rings. The number of aromatic nitrogens is 3. The first-order chi connectivity index (χ1) is 10.1. The quantitative estimate of drug-likeness (QED) is 0.784. The van der Waals surface area contributed by atoms with E-state index in [9.17, 15) is 4.79 Å². The number of amides is 1. The minimum atomic E-state index is -0.422. The molecule has 1 N–H and O–H groups in total. The number of fused-ring (bicyclic) bond motifs is 1. The Hall–Kier alpha value is -2.24. The summed E-state index contributed by atoms with van der Waals surface area (Å²) in [6, 6.07) is 8.76. The maximum Gasteiger partial charge on any atom is 0.258 e. The monoisotopic (exact) mass is 318 g/mol. The standard InChI is InChI=1S/C14H8Cl2N4O/c15-9-7-17-6-5-8(9)14(21)20-13-12(16)18-10-3-1-2-4-11(10)19-13/h1-7H,(H,19,20,21). The Morgan fingerprint density at radius 2 is 1.76 bits per heavy atom. The van der Waals surface area contributed by atoms with Gasteiger partial charge >= 0.3 is 0 Å². The first-order valence-electron chi connectivity index (χ1n) is 5.98. The molecule has 0 bridgehead atoms. The van der Waals surface area contributed by atoms with Gasteiger partial charge in [0.2, 0.25) is 0 Å². The van der Waals surface area contributed by atoms with Crippen LogP contribution >= 0.6 is 23.2 Å². The van der Waals surface area contributed by atoms with Crippen molar-refractivity contribution < 1.29 is 4.79 Å². The molecule has 0 saturated heterocycles.